The first kappa shape index (κ1) is 15.7. The lowest BCUT2D eigenvalue weighted by Gasteiger charge is -2.14. The molecular formula is C15H11F3O4. The van der Waals surface area contributed by atoms with E-state index in [9.17, 15) is 18.0 Å². The zero-order valence-corrected chi connectivity index (χ0v) is 11.1. The van der Waals surface area contributed by atoms with Crippen molar-refractivity contribution in [2.45, 2.75) is 13.0 Å². The predicted molar refractivity (Wildman–Crippen MR) is 70.9 cm³/mol. The third-order valence-electron chi connectivity index (χ3n) is 2.65. The van der Waals surface area contributed by atoms with Gasteiger partial charge in [-0.1, -0.05) is 30.3 Å². The van der Waals surface area contributed by atoms with Gasteiger partial charge in [-0.2, -0.15) is 0 Å². The summed E-state index contributed by atoms with van der Waals surface area (Å²) in [5.74, 6) is -2.24. The number of halogens is 3. The molecule has 0 saturated heterocycles. The lowest BCUT2D eigenvalue weighted by Crippen LogP contribution is -2.18. The molecule has 4 nitrogen and oxygen atoms in total. The van der Waals surface area contributed by atoms with Gasteiger partial charge in [0.1, 0.15) is 6.61 Å². The first-order valence-corrected chi connectivity index (χ1v) is 6.15. The Hall–Kier alpha value is -2.70. The van der Waals surface area contributed by atoms with E-state index in [-0.39, 0.29) is 17.9 Å². The molecule has 0 radical (unpaired) electrons. The molecular weight excluding hydrogens is 301 g/mol. The highest BCUT2D eigenvalue weighted by molar-refractivity contribution is 5.88. The summed E-state index contributed by atoms with van der Waals surface area (Å²) in [7, 11) is 0. The third kappa shape index (κ3) is 4.41. The summed E-state index contributed by atoms with van der Waals surface area (Å²) < 4.78 is 46.3. The van der Waals surface area contributed by atoms with Gasteiger partial charge in [0.15, 0.2) is 11.5 Å². The van der Waals surface area contributed by atoms with E-state index in [0.29, 0.717) is 0 Å². The van der Waals surface area contributed by atoms with Crippen LogP contribution in [0, 0.1) is 0 Å². The van der Waals surface area contributed by atoms with Gasteiger partial charge >= 0.3 is 12.3 Å². The van der Waals surface area contributed by atoms with Crippen molar-refractivity contribution >= 4 is 5.97 Å². The fourth-order valence-electron chi connectivity index (χ4n) is 1.70. The molecule has 0 heterocycles. The van der Waals surface area contributed by atoms with E-state index in [4.69, 9.17) is 9.84 Å². The summed E-state index contributed by atoms with van der Waals surface area (Å²) in [6.07, 6.45) is -4.94. The predicted octanol–water partition coefficient (Wildman–Crippen LogP) is 3.86. The van der Waals surface area contributed by atoms with E-state index < -0.39 is 18.1 Å². The Balaban J connectivity index is 2.23. The Kier molecular flexibility index (Phi) is 4.55. The molecule has 22 heavy (non-hydrogen) atoms. The second-order valence-corrected chi connectivity index (χ2v) is 4.29. The van der Waals surface area contributed by atoms with E-state index in [0.717, 1.165) is 23.8 Å². The highest BCUT2D eigenvalue weighted by Gasteiger charge is 2.33. The highest BCUT2D eigenvalue weighted by Crippen LogP contribution is 2.33. The number of alkyl halides is 3. The number of carboxylic acids is 1. The second-order valence-electron chi connectivity index (χ2n) is 4.29. The Morgan fingerprint density at radius 3 is 2.32 bits per heavy atom. The van der Waals surface area contributed by atoms with E-state index in [1.54, 1.807) is 30.3 Å². The van der Waals surface area contributed by atoms with Crippen molar-refractivity contribution in [1.29, 1.82) is 0 Å². The molecule has 0 aliphatic carbocycles. The van der Waals surface area contributed by atoms with Crippen LogP contribution in [0.15, 0.2) is 48.5 Å². The Morgan fingerprint density at radius 1 is 1.05 bits per heavy atom. The molecule has 0 spiro atoms. The molecule has 0 unspecified atom stereocenters. The quantitative estimate of drug-likeness (QED) is 0.911. The van der Waals surface area contributed by atoms with E-state index >= 15 is 0 Å². The van der Waals surface area contributed by atoms with Crippen molar-refractivity contribution in [2.75, 3.05) is 0 Å². The number of benzene rings is 2. The van der Waals surface area contributed by atoms with Crippen LogP contribution >= 0.6 is 0 Å². The van der Waals surface area contributed by atoms with Gasteiger partial charge in [-0.15, -0.1) is 13.2 Å². The largest absolute Gasteiger partial charge is 0.573 e. The van der Waals surface area contributed by atoms with E-state index in [2.05, 4.69) is 4.74 Å². The van der Waals surface area contributed by atoms with Crippen LogP contribution in [-0.4, -0.2) is 17.4 Å². The maximum Gasteiger partial charge on any atom is 0.573 e. The van der Waals surface area contributed by atoms with E-state index in [1.807, 2.05) is 0 Å². The summed E-state index contributed by atoms with van der Waals surface area (Å²) in [5, 5.41) is 8.83. The SMILES string of the molecule is O=C(O)c1ccc(OCc2ccccc2)c(OC(F)(F)F)c1. The van der Waals surface area contributed by atoms with Gasteiger partial charge in [0.25, 0.3) is 0 Å². The van der Waals surface area contributed by atoms with Crippen molar-refractivity contribution in [2.24, 2.45) is 0 Å². The molecule has 2 rings (SSSR count). The van der Waals surface area contributed by atoms with Gasteiger partial charge in [0.05, 0.1) is 5.56 Å². The van der Waals surface area contributed by atoms with E-state index in [1.165, 1.54) is 0 Å². The van der Waals surface area contributed by atoms with Gasteiger partial charge in [0.2, 0.25) is 0 Å². The number of hydrogen-bond acceptors (Lipinski definition) is 3. The number of ether oxygens (including phenoxy) is 2. The van der Waals surface area contributed by atoms with Crippen LogP contribution in [0.4, 0.5) is 13.2 Å². The molecule has 0 aliphatic heterocycles. The maximum absolute atomic E-state index is 12.4. The monoisotopic (exact) mass is 312 g/mol. The molecule has 0 aliphatic rings. The summed E-state index contributed by atoms with van der Waals surface area (Å²) >= 11 is 0. The van der Waals surface area contributed by atoms with Crippen LogP contribution in [0.25, 0.3) is 0 Å². The van der Waals surface area contributed by atoms with Crippen molar-refractivity contribution in [3.05, 3.63) is 59.7 Å². The first-order valence-electron chi connectivity index (χ1n) is 6.15. The number of carboxylic acid groups (broad SMARTS) is 1. The average molecular weight is 312 g/mol. The molecule has 2 aromatic rings. The normalized spacial score (nSPS) is 11.0. The molecule has 0 atom stereocenters. The molecule has 0 saturated carbocycles. The molecule has 1 N–H and O–H groups in total. The summed E-state index contributed by atoms with van der Waals surface area (Å²) in [6, 6.07) is 11.9. The van der Waals surface area contributed by atoms with Crippen LogP contribution in [0.2, 0.25) is 0 Å². The van der Waals surface area contributed by atoms with Gasteiger partial charge in [-0.25, -0.2) is 4.79 Å². The van der Waals surface area contributed by atoms with Crippen molar-refractivity contribution in [3.63, 3.8) is 0 Å². The molecule has 116 valence electrons. The number of carbonyl (C=O) groups is 1. The first-order chi connectivity index (χ1) is 10.3. The average Bonchev–Trinajstić information content (AvgIpc) is 2.45. The van der Waals surface area contributed by atoms with Crippen LogP contribution in [-0.2, 0) is 6.61 Å². The molecule has 7 heteroatoms. The Labute approximate surface area is 123 Å². The lowest BCUT2D eigenvalue weighted by atomic mass is 10.2. The summed E-state index contributed by atoms with van der Waals surface area (Å²) in [6.45, 7) is 0.0292. The summed E-state index contributed by atoms with van der Waals surface area (Å²) in [5.41, 5.74) is 0.425. The van der Waals surface area contributed by atoms with Crippen LogP contribution < -0.4 is 9.47 Å². The lowest BCUT2D eigenvalue weighted by molar-refractivity contribution is -0.275. The van der Waals surface area contributed by atoms with Gasteiger partial charge < -0.3 is 14.6 Å². The Morgan fingerprint density at radius 2 is 1.73 bits per heavy atom. The minimum atomic E-state index is -4.94. The minimum Gasteiger partial charge on any atom is -0.485 e. The van der Waals surface area contributed by atoms with Crippen molar-refractivity contribution in [1.82, 2.24) is 0 Å². The number of hydrogen-bond donors (Lipinski definition) is 1. The Bertz CT molecular complexity index is 654. The van der Waals surface area contributed by atoms with Crippen LogP contribution in [0.1, 0.15) is 15.9 Å². The van der Waals surface area contributed by atoms with Crippen LogP contribution in [0.3, 0.4) is 0 Å². The van der Waals surface area contributed by atoms with Gasteiger partial charge in [-0.05, 0) is 23.8 Å². The standard InChI is InChI=1S/C15H11F3O4/c16-15(17,18)22-13-8-11(14(19)20)6-7-12(13)21-9-10-4-2-1-3-5-10/h1-8H,9H2,(H,19,20). The zero-order chi connectivity index (χ0) is 16.2. The zero-order valence-electron chi connectivity index (χ0n) is 11.1. The fraction of sp³-hybridized carbons (Fsp3) is 0.133. The summed E-state index contributed by atoms with van der Waals surface area (Å²) in [4.78, 5) is 10.8. The molecule has 0 bridgehead atoms. The molecule has 0 fully saturated rings. The molecule has 0 aromatic heterocycles. The highest BCUT2D eigenvalue weighted by atomic mass is 19.4. The van der Waals surface area contributed by atoms with Crippen molar-refractivity contribution < 1.29 is 32.5 Å². The molecule has 2 aromatic carbocycles. The number of rotatable bonds is 5. The maximum atomic E-state index is 12.4. The minimum absolute atomic E-state index is 0.0292. The topological polar surface area (TPSA) is 55.8 Å². The fourth-order valence-corrected chi connectivity index (χ4v) is 1.70. The molecule has 0 amide bonds. The number of aromatic carboxylic acids is 1. The third-order valence-corrected chi connectivity index (χ3v) is 2.65. The van der Waals surface area contributed by atoms with Crippen LogP contribution in [0.5, 0.6) is 11.5 Å². The van der Waals surface area contributed by atoms with Crippen molar-refractivity contribution in [3.8, 4) is 11.5 Å². The second kappa shape index (κ2) is 6.38. The smallest absolute Gasteiger partial charge is 0.485 e. The van der Waals surface area contributed by atoms with Gasteiger partial charge in [0, 0.05) is 0 Å². The van der Waals surface area contributed by atoms with Gasteiger partial charge in [-0.3, -0.25) is 0 Å².